The van der Waals surface area contributed by atoms with Gasteiger partial charge in [0.2, 0.25) is 0 Å². The molecular formula is C14H14BrNO2S. The predicted molar refractivity (Wildman–Crippen MR) is 78.7 cm³/mol. The van der Waals surface area contributed by atoms with Crippen molar-refractivity contribution in [2.45, 2.75) is 24.9 Å². The van der Waals surface area contributed by atoms with Gasteiger partial charge in [-0.1, -0.05) is 6.07 Å². The molecule has 0 aliphatic heterocycles. The van der Waals surface area contributed by atoms with Crippen LogP contribution in [0.25, 0.3) is 0 Å². The van der Waals surface area contributed by atoms with Gasteiger partial charge in [0.05, 0.1) is 17.5 Å². The number of rotatable bonds is 2. The van der Waals surface area contributed by atoms with Crippen LogP contribution < -0.4 is 4.74 Å². The fourth-order valence-electron chi connectivity index (χ4n) is 2.61. The Morgan fingerprint density at radius 3 is 2.95 bits per heavy atom. The Bertz CT molecular complexity index is 613. The first-order valence-corrected chi connectivity index (χ1v) is 7.77. The van der Waals surface area contributed by atoms with Crippen LogP contribution in [0.1, 0.15) is 22.4 Å². The lowest BCUT2D eigenvalue weighted by Gasteiger charge is -2.33. The first-order valence-electron chi connectivity index (χ1n) is 6.10. The van der Waals surface area contributed by atoms with Crippen molar-refractivity contribution in [2.24, 2.45) is 0 Å². The molecule has 1 heterocycles. The van der Waals surface area contributed by atoms with Gasteiger partial charge in [0.1, 0.15) is 16.0 Å². The van der Waals surface area contributed by atoms with E-state index in [2.05, 4.69) is 27.0 Å². The number of fused-ring (bicyclic) bond motifs is 1. The number of aromatic nitrogens is 1. The van der Waals surface area contributed by atoms with Crippen molar-refractivity contribution >= 4 is 27.3 Å². The zero-order chi connectivity index (χ0) is 13.5. The van der Waals surface area contributed by atoms with E-state index in [-0.39, 0.29) is 0 Å². The number of hydrogen-bond donors (Lipinski definition) is 1. The van der Waals surface area contributed by atoms with Crippen molar-refractivity contribution in [3.8, 4) is 5.75 Å². The van der Waals surface area contributed by atoms with Crippen molar-refractivity contribution in [3.63, 3.8) is 0 Å². The van der Waals surface area contributed by atoms with Crippen molar-refractivity contribution < 1.29 is 9.84 Å². The normalized spacial score (nSPS) is 22.1. The summed E-state index contributed by atoms with van der Waals surface area (Å²) in [4.78, 5) is 5.09. The fourth-order valence-corrected chi connectivity index (χ4v) is 4.31. The SMILES string of the molecule is COc1ccc2c(c1)CC(O)(c1scnc1Br)CC2. The molecule has 100 valence electrons. The Labute approximate surface area is 124 Å². The van der Waals surface area contributed by atoms with Crippen molar-refractivity contribution in [2.75, 3.05) is 7.11 Å². The van der Waals surface area contributed by atoms with Gasteiger partial charge in [0, 0.05) is 6.42 Å². The Morgan fingerprint density at radius 1 is 1.42 bits per heavy atom. The molecule has 0 saturated heterocycles. The van der Waals surface area contributed by atoms with Crippen LogP contribution in [0.5, 0.6) is 5.75 Å². The van der Waals surface area contributed by atoms with Crippen LogP contribution in [-0.2, 0) is 18.4 Å². The summed E-state index contributed by atoms with van der Waals surface area (Å²) >= 11 is 4.92. The molecule has 1 unspecified atom stereocenters. The topological polar surface area (TPSA) is 42.4 Å². The minimum Gasteiger partial charge on any atom is -0.497 e. The molecule has 0 spiro atoms. The maximum absolute atomic E-state index is 10.9. The third-order valence-corrected chi connectivity index (χ3v) is 5.53. The molecule has 19 heavy (non-hydrogen) atoms. The highest BCUT2D eigenvalue weighted by Crippen LogP contribution is 2.41. The summed E-state index contributed by atoms with van der Waals surface area (Å²) < 4.78 is 6.02. The number of hydrogen-bond acceptors (Lipinski definition) is 4. The Morgan fingerprint density at radius 2 is 2.26 bits per heavy atom. The fraction of sp³-hybridized carbons (Fsp3) is 0.357. The minimum absolute atomic E-state index is 0.611. The van der Waals surface area contributed by atoms with Gasteiger partial charge in [-0.2, -0.15) is 0 Å². The molecule has 0 saturated carbocycles. The molecule has 0 radical (unpaired) electrons. The third kappa shape index (κ3) is 2.30. The highest BCUT2D eigenvalue weighted by molar-refractivity contribution is 9.10. The van der Waals surface area contributed by atoms with E-state index in [9.17, 15) is 5.11 Å². The zero-order valence-corrected chi connectivity index (χ0v) is 12.9. The number of nitrogens with zero attached hydrogens (tertiary/aromatic N) is 1. The van der Waals surface area contributed by atoms with Gasteiger partial charge in [-0.3, -0.25) is 0 Å². The zero-order valence-electron chi connectivity index (χ0n) is 10.5. The van der Waals surface area contributed by atoms with Crippen molar-refractivity contribution in [1.82, 2.24) is 4.98 Å². The average molecular weight is 340 g/mol. The Balaban J connectivity index is 1.99. The molecule has 5 heteroatoms. The molecule has 1 N–H and O–H groups in total. The van der Waals surface area contributed by atoms with E-state index in [0.29, 0.717) is 6.42 Å². The molecule has 0 fully saturated rings. The maximum atomic E-state index is 10.9. The molecule has 1 aromatic carbocycles. The molecule has 0 bridgehead atoms. The molecule has 0 amide bonds. The molecule has 3 nitrogen and oxygen atoms in total. The van der Waals surface area contributed by atoms with E-state index in [1.165, 1.54) is 16.9 Å². The van der Waals surface area contributed by atoms with Gasteiger partial charge in [0.15, 0.2) is 0 Å². The summed E-state index contributed by atoms with van der Waals surface area (Å²) in [6.07, 6.45) is 2.22. The van der Waals surface area contributed by atoms with Gasteiger partial charge in [-0.15, -0.1) is 11.3 Å². The number of thiazole rings is 1. The second kappa shape index (κ2) is 4.89. The number of aryl methyl sites for hydroxylation is 1. The highest BCUT2D eigenvalue weighted by Gasteiger charge is 2.37. The van der Waals surface area contributed by atoms with Gasteiger partial charge in [0.25, 0.3) is 0 Å². The van der Waals surface area contributed by atoms with Gasteiger partial charge in [-0.25, -0.2) is 4.98 Å². The largest absolute Gasteiger partial charge is 0.497 e. The van der Waals surface area contributed by atoms with E-state index < -0.39 is 5.60 Å². The van der Waals surface area contributed by atoms with Crippen LogP contribution in [0.2, 0.25) is 0 Å². The van der Waals surface area contributed by atoms with E-state index in [0.717, 1.165) is 33.6 Å². The molecule has 1 aliphatic rings. The number of halogens is 1. The lowest BCUT2D eigenvalue weighted by molar-refractivity contribution is 0.0250. The quantitative estimate of drug-likeness (QED) is 0.912. The number of ether oxygens (including phenoxy) is 1. The monoisotopic (exact) mass is 339 g/mol. The Kier molecular flexibility index (Phi) is 3.37. The highest BCUT2D eigenvalue weighted by atomic mass is 79.9. The third-order valence-electron chi connectivity index (χ3n) is 3.65. The molecule has 3 rings (SSSR count). The smallest absolute Gasteiger partial charge is 0.123 e. The summed E-state index contributed by atoms with van der Waals surface area (Å²) in [6.45, 7) is 0. The van der Waals surface area contributed by atoms with Crippen molar-refractivity contribution in [1.29, 1.82) is 0 Å². The molecule has 1 atom stereocenters. The van der Waals surface area contributed by atoms with Crippen LogP contribution in [0.15, 0.2) is 28.3 Å². The summed E-state index contributed by atoms with van der Waals surface area (Å²) in [5.41, 5.74) is 3.40. The predicted octanol–water partition coefficient (Wildman–Crippen LogP) is 3.29. The number of methoxy groups -OCH3 is 1. The second-order valence-electron chi connectivity index (χ2n) is 4.82. The van der Waals surface area contributed by atoms with Crippen LogP contribution >= 0.6 is 27.3 Å². The average Bonchev–Trinajstić information content (AvgIpc) is 2.85. The first-order chi connectivity index (χ1) is 9.12. The number of aliphatic hydroxyl groups is 1. The molecule has 1 aromatic heterocycles. The lowest BCUT2D eigenvalue weighted by atomic mass is 9.80. The summed E-state index contributed by atoms with van der Waals surface area (Å²) in [5, 5.41) is 10.9. The van der Waals surface area contributed by atoms with Gasteiger partial charge in [-0.05, 0) is 52.0 Å². The second-order valence-corrected chi connectivity index (χ2v) is 6.42. The standard InChI is InChI=1S/C14H14BrNO2S/c1-18-11-3-2-9-4-5-14(17,7-10(9)6-11)12-13(15)16-8-19-12/h2-3,6,8,17H,4-5,7H2,1H3. The maximum Gasteiger partial charge on any atom is 0.123 e. The van der Waals surface area contributed by atoms with Crippen LogP contribution in [0.3, 0.4) is 0 Å². The molecular weight excluding hydrogens is 326 g/mol. The summed E-state index contributed by atoms with van der Waals surface area (Å²) in [7, 11) is 1.66. The van der Waals surface area contributed by atoms with E-state index in [1.54, 1.807) is 12.6 Å². The lowest BCUT2D eigenvalue weighted by Crippen LogP contribution is -2.32. The first kappa shape index (κ1) is 13.1. The van der Waals surface area contributed by atoms with Crippen LogP contribution in [0.4, 0.5) is 0 Å². The Hall–Kier alpha value is -0.910. The van der Waals surface area contributed by atoms with Crippen LogP contribution in [-0.4, -0.2) is 17.2 Å². The number of benzene rings is 1. The van der Waals surface area contributed by atoms with Gasteiger partial charge >= 0.3 is 0 Å². The van der Waals surface area contributed by atoms with Crippen molar-refractivity contribution in [3.05, 3.63) is 44.3 Å². The van der Waals surface area contributed by atoms with Gasteiger partial charge < -0.3 is 9.84 Å². The van der Waals surface area contributed by atoms with E-state index in [4.69, 9.17) is 4.74 Å². The molecule has 1 aliphatic carbocycles. The summed E-state index contributed by atoms with van der Waals surface area (Å²) in [5.74, 6) is 0.839. The molecule has 2 aromatic rings. The van der Waals surface area contributed by atoms with E-state index in [1.807, 2.05) is 12.1 Å². The summed E-state index contributed by atoms with van der Waals surface area (Å²) in [6, 6.07) is 6.09. The minimum atomic E-state index is -0.820. The van der Waals surface area contributed by atoms with E-state index >= 15 is 0 Å². The van der Waals surface area contributed by atoms with Crippen LogP contribution in [0, 0.1) is 0 Å².